The highest BCUT2D eigenvalue weighted by Gasteiger charge is 2.35. The lowest BCUT2D eigenvalue weighted by Crippen LogP contribution is -2.48. The van der Waals surface area contributed by atoms with Crippen molar-refractivity contribution in [3.63, 3.8) is 0 Å². The van der Waals surface area contributed by atoms with E-state index in [1.165, 1.54) is 24.6 Å². The Morgan fingerprint density at radius 1 is 0.963 bits per heavy atom. The van der Waals surface area contributed by atoms with Crippen LogP contribution in [0.4, 0.5) is 13.2 Å². The summed E-state index contributed by atoms with van der Waals surface area (Å²) in [6.45, 7) is 1.09. The number of likely N-dealkylation sites (tertiary alicyclic amines) is 1. The van der Waals surface area contributed by atoms with E-state index in [9.17, 15) is 22.8 Å². The molecule has 4 nitrogen and oxygen atoms in total. The summed E-state index contributed by atoms with van der Waals surface area (Å²) in [6, 6.07) is 4.60. The van der Waals surface area contributed by atoms with Gasteiger partial charge < -0.3 is 10.2 Å². The molecule has 1 saturated carbocycles. The third kappa shape index (κ3) is 4.82. The van der Waals surface area contributed by atoms with Gasteiger partial charge in [0.25, 0.3) is 5.91 Å². The minimum atomic E-state index is -4.57. The monoisotopic (exact) mass is 382 g/mol. The van der Waals surface area contributed by atoms with Crippen LogP contribution in [0, 0.1) is 5.92 Å². The van der Waals surface area contributed by atoms with E-state index in [2.05, 4.69) is 5.32 Å². The quantitative estimate of drug-likeness (QED) is 0.859. The van der Waals surface area contributed by atoms with E-state index < -0.39 is 17.6 Å². The van der Waals surface area contributed by atoms with Crippen molar-refractivity contribution in [3.05, 3.63) is 35.4 Å². The Kier molecular flexibility index (Phi) is 6.07. The Hall–Kier alpha value is -2.05. The molecule has 2 amide bonds. The second-order valence-electron chi connectivity index (χ2n) is 7.45. The number of halogens is 3. The predicted octanol–water partition coefficient (Wildman–Crippen LogP) is 4.01. The van der Waals surface area contributed by atoms with Gasteiger partial charge >= 0.3 is 6.18 Å². The number of alkyl halides is 3. The van der Waals surface area contributed by atoms with Gasteiger partial charge in [0.1, 0.15) is 0 Å². The van der Waals surface area contributed by atoms with Crippen molar-refractivity contribution in [2.75, 3.05) is 13.1 Å². The Morgan fingerprint density at radius 2 is 1.59 bits per heavy atom. The number of rotatable bonds is 3. The molecule has 3 rings (SSSR count). The van der Waals surface area contributed by atoms with E-state index in [1.807, 2.05) is 4.90 Å². The number of nitrogens with zero attached hydrogens (tertiary/aromatic N) is 1. The summed E-state index contributed by atoms with van der Waals surface area (Å²) in [5.74, 6) is -0.398. The second-order valence-corrected chi connectivity index (χ2v) is 7.45. The Labute approximate surface area is 157 Å². The molecular formula is C20H25F3N2O2. The van der Waals surface area contributed by atoms with Crippen LogP contribution in [0.15, 0.2) is 24.3 Å². The van der Waals surface area contributed by atoms with Crippen LogP contribution in [0.25, 0.3) is 0 Å². The van der Waals surface area contributed by atoms with Crippen molar-refractivity contribution in [2.24, 2.45) is 5.92 Å². The van der Waals surface area contributed by atoms with Gasteiger partial charge in [-0.2, -0.15) is 13.2 Å². The normalized spacial score (nSPS) is 19.7. The zero-order valence-corrected chi connectivity index (χ0v) is 15.2. The fourth-order valence-corrected chi connectivity index (χ4v) is 4.04. The van der Waals surface area contributed by atoms with E-state index in [0.717, 1.165) is 31.7 Å². The molecule has 1 aromatic carbocycles. The highest BCUT2D eigenvalue weighted by Crippen LogP contribution is 2.32. The van der Waals surface area contributed by atoms with Crippen LogP contribution in [-0.4, -0.2) is 35.8 Å². The Balaban J connectivity index is 1.55. The van der Waals surface area contributed by atoms with Gasteiger partial charge in [0.2, 0.25) is 5.91 Å². The van der Waals surface area contributed by atoms with Gasteiger partial charge in [-0.15, -0.1) is 0 Å². The van der Waals surface area contributed by atoms with E-state index >= 15 is 0 Å². The fraction of sp³-hybridized carbons (Fsp3) is 0.600. The van der Waals surface area contributed by atoms with Crippen LogP contribution < -0.4 is 5.32 Å². The smallest absolute Gasteiger partial charge is 0.349 e. The van der Waals surface area contributed by atoms with Crippen LogP contribution in [-0.2, 0) is 11.0 Å². The third-order valence-electron chi connectivity index (χ3n) is 5.57. The van der Waals surface area contributed by atoms with Gasteiger partial charge in [-0.3, -0.25) is 9.59 Å². The first-order valence-electron chi connectivity index (χ1n) is 9.62. The largest absolute Gasteiger partial charge is 0.417 e. The molecule has 1 aromatic rings. The lowest BCUT2D eigenvalue weighted by Gasteiger charge is -2.35. The number of hydrogen-bond acceptors (Lipinski definition) is 2. The van der Waals surface area contributed by atoms with Crippen molar-refractivity contribution in [1.29, 1.82) is 0 Å². The minimum absolute atomic E-state index is 0.114. The molecule has 0 aromatic heterocycles. The summed E-state index contributed by atoms with van der Waals surface area (Å²) in [6.07, 6.45) is 1.86. The van der Waals surface area contributed by atoms with Gasteiger partial charge in [-0.25, -0.2) is 0 Å². The van der Waals surface area contributed by atoms with Crippen molar-refractivity contribution in [3.8, 4) is 0 Å². The number of amides is 2. The first-order chi connectivity index (χ1) is 12.9. The molecule has 27 heavy (non-hydrogen) atoms. The zero-order valence-electron chi connectivity index (χ0n) is 15.2. The molecule has 7 heteroatoms. The number of carbonyl (C=O) groups is 2. The molecule has 0 unspecified atom stereocenters. The molecule has 2 fully saturated rings. The first kappa shape index (κ1) is 19.7. The maximum absolute atomic E-state index is 13.1. The van der Waals surface area contributed by atoms with Gasteiger partial charge in [0.15, 0.2) is 0 Å². The maximum Gasteiger partial charge on any atom is 0.417 e. The van der Waals surface area contributed by atoms with E-state index in [0.29, 0.717) is 25.9 Å². The van der Waals surface area contributed by atoms with Crippen LogP contribution in [0.1, 0.15) is 60.9 Å². The maximum atomic E-state index is 13.1. The standard InChI is InChI=1S/C20H25F3N2O2/c21-20(22,23)17-9-5-4-8-16(17)18(26)24-15-10-12-25(13-11-15)19(27)14-6-2-1-3-7-14/h4-5,8-9,14-15H,1-3,6-7,10-13H2,(H,24,26). The number of benzene rings is 1. The molecule has 0 atom stereocenters. The van der Waals surface area contributed by atoms with Crippen molar-refractivity contribution < 1.29 is 22.8 Å². The van der Waals surface area contributed by atoms with Gasteiger partial charge in [0.05, 0.1) is 11.1 Å². The van der Waals surface area contributed by atoms with Crippen LogP contribution in [0.2, 0.25) is 0 Å². The average Bonchev–Trinajstić information content (AvgIpc) is 2.68. The fourth-order valence-electron chi connectivity index (χ4n) is 4.04. The molecule has 0 spiro atoms. The number of piperidine rings is 1. The number of carbonyl (C=O) groups excluding carboxylic acids is 2. The van der Waals surface area contributed by atoms with E-state index in [-0.39, 0.29) is 23.4 Å². The van der Waals surface area contributed by atoms with Gasteiger partial charge in [0, 0.05) is 25.0 Å². The lowest BCUT2D eigenvalue weighted by molar-refractivity contribution is -0.138. The molecule has 0 bridgehead atoms. The Morgan fingerprint density at radius 3 is 2.22 bits per heavy atom. The van der Waals surface area contributed by atoms with Crippen molar-refractivity contribution in [2.45, 2.75) is 57.2 Å². The highest BCUT2D eigenvalue weighted by atomic mass is 19.4. The zero-order chi connectivity index (χ0) is 19.4. The summed E-state index contributed by atoms with van der Waals surface area (Å²) >= 11 is 0. The van der Waals surface area contributed by atoms with Crippen LogP contribution in [0.5, 0.6) is 0 Å². The van der Waals surface area contributed by atoms with Gasteiger partial charge in [-0.1, -0.05) is 31.4 Å². The van der Waals surface area contributed by atoms with Crippen LogP contribution >= 0.6 is 0 Å². The predicted molar refractivity (Wildman–Crippen MR) is 95.1 cm³/mol. The summed E-state index contributed by atoms with van der Waals surface area (Å²) in [4.78, 5) is 26.8. The van der Waals surface area contributed by atoms with Crippen LogP contribution in [0.3, 0.4) is 0 Å². The summed E-state index contributed by atoms with van der Waals surface area (Å²) < 4.78 is 39.2. The Bertz CT molecular complexity index is 676. The molecule has 1 heterocycles. The molecule has 1 aliphatic carbocycles. The molecule has 0 radical (unpaired) electrons. The van der Waals surface area contributed by atoms with E-state index in [4.69, 9.17) is 0 Å². The molecule has 1 saturated heterocycles. The molecule has 2 aliphatic rings. The van der Waals surface area contributed by atoms with Crippen molar-refractivity contribution in [1.82, 2.24) is 10.2 Å². The second kappa shape index (κ2) is 8.31. The minimum Gasteiger partial charge on any atom is -0.349 e. The molecule has 1 aliphatic heterocycles. The van der Waals surface area contributed by atoms with Gasteiger partial charge in [-0.05, 0) is 37.8 Å². The number of hydrogen-bond donors (Lipinski definition) is 1. The van der Waals surface area contributed by atoms with Crippen molar-refractivity contribution >= 4 is 11.8 Å². The molecule has 1 N–H and O–H groups in total. The topological polar surface area (TPSA) is 49.4 Å². The molecule has 148 valence electrons. The first-order valence-corrected chi connectivity index (χ1v) is 9.62. The highest BCUT2D eigenvalue weighted by molar-refractivity contribution is 5.96. The average molecular weight is 382 g/mol. The third-order valence-corrected chi connectivity index (χ3v) is 5.57. The molecular weight excluding hydrogens is 357 g/mol. The summed E-state index contributed by atoms with van der Waals surface area (Å²) in [5, 5.41) is 2.71. The van der Waals surface area contributed by atoms with E-state index in [1.54, 1.807) is 0 Å². The lowest BCUT2D eigenvalue weighted by atomic mass is 9.87. The summed E-state index contributed by atoms with van der Waals surface area (Å²) in [7, 11) is 0. The number of nitrogens with one attached hydrogen (secondary N) is 1. The summed E-state index contributed by atoms with van der Waals surface area (Å²) in [5.41, 5.74) is -1.28. The SMILES string of the molecule is O=C(NC1CCN(C(=O)C2CCCCC2)CC1)c1ccccc1C(F)(F)F.